The largest absolute Gasteiger partial charge is 0.228 e. The van der Waals surface area contributed by atoms with Gasteiger partial charge in [-0.05, 0) is 105 Å². The lowest BCUT2D eigenvalue weighted by Gasteiger charge is -2.22. The molecule has 11 aromatic rings. The molecule has 2 aliphatic rings. The fraction of sp³-hybridized carbons (Fsp3) is 0.0938. The molecule has 13 rings (SSSR count). The normalized spacial score (nSPS) is 14.0. The summed E-state index contributed by atoms with van der Waals surface area (Å²) in [5.41, 5.74) is 20.5. The van der Waals surface area contributed by atoms with Crippen molar-refractivity contribution in [1.82, 2.24) is 9.97 Å². The van der Waals surface area contributed by atoms with Crippen molar-refractivity contribution in [3.05, 3.63) is 229 Å². The summed E-state index contributed by atoms with van der Waals surface area (Å²) in [6.45, 7) is 9.43. The van der Waals surface area contributed by atoms with E-state index in [4.69, 9.17) is 9.97 Å². The van der Waals surface area contributed by atoms with Gasteiger partial charge in [-0.1, -0.05) is 228 Å². The van der Waals surface area contributed by atoms with E-state index >= 15 is 0 Å². The fourth-order valence-electron chi connectivity index (χ4n) is 11.7. The van der Waals surface area contributed by atoms with Crippen molar-refractivity contribution in [2.75, 3.05) is 0 Å². The molecule has 0 saturated heterocycles. The van der Waals surface area contributed by atoms with E-state index in [0.29, 0.717) is 5.82 Å². The summed E-state index contributed by atoms with van der Waals surface area (Å²) < 4.78 is 0. The molecule has 10 aromatic carbocycles. The van der Waals surface area contributed by atoms with Gasteiger partial charge in [0.2, 0.25) is 0 Å². The number of aromatic nitrogens is 2. The first-order valence-electron chi connectivity index (χ1n) is 23.2. The first-order valence-corrected chi connectivity index (χ1v) is 23.2. The van der Waals surface area contributed by atoms with E-state index in [9.17, 15) is 0 Å². The van der Waals surface area contributed by atoms with E-state index in [2.05, 4.69) is 228 Å². The Hall–Kier alpha value is -7.94. The Labute approximate surface area is 385 Å². The maximum absolute atomic E-state index is 5.38. The Balaban J connectivity index is 0.993. The highest BCUT2D eigenvalue weighted by atomic mass is 14.9. The van der Waals surface area contributed by atoms with E-state index < -0.39 is 0 Å². The van der Waals surface area contributed by atoms with E-state index in [1.54, 1.807) is 0 Å². The molecule has 0 aliphatic heterocycles. The van der Waals surface area contributed by atoms with Gasteiger partial charge >= 0.3 is 0 Å². The lowest BCUT2D eigenvalue weighted by molar-refractivity contribution is 0.660. The second-order valence-electron chi connectivity index (χ2n) is 19.2. The van der Waals surface area contributed by atoms with Crippen LogP contribution in [0.15, 0.2) is 206 Å². The third-order valence-electron chi connectivity index (χ3n) is 14.9. The zero-order chi connectivity index (χ0) is 44.3. The first-order chi connectivity index (χ1) is 32.3. The van der Waals surface area contributed by atoms with Crippen molar-refractivity contribution >= 4 is 32.3 Å². The van der Waals surface area contributed by atoms with Gasteiger partial charge in [0, 0.05) is 27.5 Å². The Morgan fingerprint density at radius 1 is 0.288 bits per heavy atom. The summed E-state index contributed by atoms with van der Waals surface area (Å²) in [4.78, 5) is 10.7. The van der Waals surface area contributed by atoms with Crippen LogP contribution >= 0.6 is 0 Å². The molecule has 66 heavy (non-hydrogen) atoms. The van der Waals surface area contributed by atoms with Crippen LogP contribution in [0.4, 0.5) is 0 Å². The van der Waals surface area contributed by atoms with Crippen molar-refractivity contribution < 1.29 is 0 Å². The minimum absolute atomic E-state index is 0.114. The van der Waals surface area contributed by atoms with Gasteiger partial charge in [-0.15, -0.1) is 0 Å². The van der Waals surface area contributed by atoms with Gasteiger partial charge in [0.15, 0.2) is 5.82 Å². The first kappa shape index (κ1) is 38.5. The van der Waals surface area contributed by atoms with Crippen molar-refractivity contribution in [2.45, 2.75) is 38.5 Å². The van der Waals surface area contributed by atoms with Gasteiger partial charge in [0.05, 0.1) is 11.4 Å². The number of rotatable bonds is 5. The molecular formula is C64H46N2. The molecule has 0 N–H and O–H groups in total. The minimum Gasteiger partial charge on any atom is -0.228 e. The van der Waals surface area contributed by atoms with Crippen LogP contribution in [-0.4, -0.2) is 9.97 Å². The highest BCUT2D eigenvalue weighted by Gasteiger charge is 2.39. The van der Waals surface area contributed by atoms with Gasteiger partial charge < -0.3 is 0 Å². The topological polar surface area (TPSA) is 25.8 Å². The predicted molar refractivity (Wildman–Crippen MR) is 277 cm³/mol. The second-order valence-corrected chi connectivity index (χ2v) is 19.2. The summed E-state index contributed by atoms with van der Waals surface area (Å²) in [6, 6.07) is 75.8. The maximum Gasteiger partial charge on any atom is 0.160 e. The third kappa shape index (κ3) is 5.55. The molecule has 0 saturated carbocycles. The quantitative estimate of drug-likeness (QED) is 0.172. The molecule has 0 bridgehead atoms. The highest BCUT2D eigenvalue weighted by molar-refractivity contribution is 6.14. The van der Waals surface area contributed by atoms with Crippen molar-refractivity contribution in [3.8, 4) is 78.4 Å². The Morgan fingerprint density at radius 2 is 0.742 bits per heavy atom. The zero-order valence-electron chi connectivity index (χ0n) is 37.5. The van der Waals surface area contributed by atoms with Gasteiger partial charge in [0.1, 0.15) is 0 Å². The predicted octanol–water partition coefficient (Wildman–Crippen LogP) is 16.9. The van der Waals surface area contributed by atoms with Crippen LogP contribution in [0, 0.1) is 0 Å². The minimum atomic E-state index is -0.118. The van der Waals surface area contributed by atoms with Crippen LogP contribution in [-0.2, 0) is 10.8 Å². The van der Waals surface area contributed by atoms with Crippen LogP contribution in [0.2, 0.25) is 0 Å². The monoisotopic (exact) mass is 842 g/mol. The van der Waals surface area contributed by atoms with E-state index in [1.165, 1.54) is 93.7 Å². The van der Waals surface area contributed by atoms with Gasteiger partial charge in [0.25, 0.3) is 0 Å². The summed E-state index contributed by atoms with van der Waals surface area (Å²) >= 11 is 0. The summed E-state index contributed by atoms with van der Waals surface area (Å²) in [5.74, 6) is 0.715. The molecule has 2 heteroatoms. The molecule has 0 amide bonds. The molecule has 2 aliphatic carbocycles. The van der Waals surface area contributed by atoms with Crippen molar-refractivity contribution in [2.24, 2.45) is 0 Å². The second kappa shape index (κ2) is 14.3. The molecule has 0 radical (unpaired) electrons. The molecule has 0 spiro atoms. The molecule has 0 unspecified atom stereocenters. The van der Waals surface area contributed by atoms with Crippen molar-refractivity contribution in [3.63, 3.8) is 0 Å². The molecule has 0 atom stereocenters. The Morgan fingerprint density at radius 3 is 1.42 bits per heavy atom. The Kier molecular flexibility index (Phi) is 8.33. The van der Waals surface area contributed by atoms with E-state index in [0.717, 1.165) is 33.5 Å². The van der Waals surface area contributed by atoms with Crippen LogP contribution in [0.25, 0.3) is 111 Å². The van der Waals surface area contributed by atoms with Crippen LogP contribution in [0.5, 0.6) is 0 Å². The fourth-order valence-corrected chi connectivity index (χ4v) is 11.7. The third-order valence-corrected chi connectivity index (χ3v) is 14.9. The lowest BCUT2D eigenvalue weighted by atomic mass is 9.81. The number of hydrogen-bond donors (Lipinski definition) is 0. The summed E-state index contributed by atoms with van der Waals surface area (Å²) in [6.07, 6.45) is 0. The van der Waals surface area contributed by atoms with Crippen LogP contribution in [0.3, 0.4) is 0 Å². The van der Waals surface area contributed by atoms with Crippen molar-refractivity contribution in [1.29, 1.82) is 0 Å². The molecule has 312 valence electrons. The summed E-state index contributed by atoms with van der Waals surface area (Å²) in [5, 5.41) is 7.42. The summed E-state index contributed by atoms with van der Waals surface area (Å²) in [7, 11) is 0. The van der Waals surface area contributed by atoms with Gasteiger partial charge in [-0.25, -0.2) is 9.97 Å². The maximum atomic E-state index is 5.38. The van der Waals surface area contributed by atoms with E-state index in [1.807, 2.05) is 6.07 Å². The number of benzene rings is 10. The zero-order valence-corrected chi connectivity index (χ0v) is 37.5. The molecule has 1 aromatic heterocycles. The molecule has 2 nitrogen and oxygen atoms in total. The standard InChI is InChI=1S/C64H46N2/c1-63(2)53-29-15-14-26-51(53)59-52(28-17-30-54(59)63)58-38-57(65-62(66-58)40-19-6-5-7-20-40)49-36-35-47(44-24-12-13-25-45(44)49)46-33-34-48(43-23-11-10-22-42(43)46)50-27-16-31-55-61(50)60-41-21-9-8-18-39(41)32-37-56(60)64(55,3)4/h5-38H,1-4H3. The van der Waals surface area contributed by atoms with Gasteiger partial charge in [-0.3, -0.25) is 0 Å². The number of hydrogen-bond acceptors (Lipinski definition) is 2. The SMILES string of the molecule is CC1(C)c2ccccc2-c2c(-c3cc(-c4ccc(-c5ccc(-c6cccc7c6-c6c(ccc8ccccc68)C7(C)C)c6ccccc56)c5ccccc45)nc(-c4ccccc4)n3)cccc21. The molecular weight excluding hydrogens is 797 g/mol. The average Bonchev–Trinajstić information content (AvgIpc) is 3.76. The number of nitrogens with zero attached hydrogens (tertiary/aromatic N) is 2. The van der Waals surface area contributed by atoms with Gasteiger partial charge in [-0.2, -0.15) is 0 Å². The van der Waals surface area contributed by atoms with Crippen LogP contribution < -0.4 is 0 Å². The number of fused-ring (bicyclic) bond motifs is 10. The smallest absolute Gasteiger partial charge is 0.160 e. The highest BCUT2D eigenvalue weighted by Crippen LogP contribution is 2.56. The lowest BCUT2D eigenvalue weighted by Crippen LogP contribution is -2.14. The van der Waals surface area contributed by atoms with E-state index in [-0.39, 0.29) is 10.8 Å². The molecule has 1 heterocycles. The average molecular weight is 843 g/mol. The molecule has 0 fully saturated rings. The Bertz CT molecular complexity index is 3820. The van der Waals surface area contributed by atoms with Crippen LogP contribution in [0.1, 0.15) is 49.9 Å².